The minimum absolute atomic E-state index is 0.256. The normalized spacial score (nSPS) is 10.7. The number of hydrogen-bond donors (Lipinski definition) is 1. The van der Waals surface area contributed by atoms with Crippen molar-refractivity contribution in [3.05, 3.63) is 79.0 Å². The molecule has 1 heterocycles. The lowest BCUT2D eigenvalue weighted by Crippen LogP contribution is -2.22. The third kappa shape index (κ3) is 2.56. The zero-order valence-corrected chi connectivity index (χ0v) is 11.7. The minimum atomic E-state index is -0.828. The number of benzene rings is 2. The summed E-state index contributed by atoms with van der Waals surface area (Å²) >= 11 is 0. The molecule has 1 aromatic heterocycles. The number of hydrogen-bond acceptors (Lipinski definition) is 2. The molecule has 0 bridgehead atoms. The highest BCUT2D eigenvalue weighted by Crippen LogP contribution is 2.34. The van der Waals surface area contributed by atoms with Crippen LogP contribution in [0.25, 0.3) is 0 Å². The van der Waals surface area contributed by atoms with Crippen LogP contribution in [0.2, 0.25) is 0 Å². The summed E-state index contributed by atoms with van der Waals surface area (Å²) in [5.41, 5.74) is 0.750. The molecule has 20 heavy (non-hydrogen) atoms. The molecule has 1 N–H and O–H groups in total. The van der Waals surface area contributed by atoms with Crippen LogP contribution in [0.1, 0.15) is 0 Å². The van der Waals surface area contributed by atoms with Crippen molar-refractivity contribution in [2.45, 2.75) is 0 Å². The summed E-state index contributed by atoms with van der Waals surface area (Å²) in [7, 11) is -0.828. The van der Waals surface area contributed by atoms with Crippen molar-refractivity contribution in [2.75, 3.05) is 0 Å². The second-order valence-electron chi connectivity index (χ2n) is 4.35. The summed E-state index contributed by atoms with van der Waals surface area (Å²) in [5, 5.41) is 12.5. The summed E-state index contributed by atoms with van der Waals surface area (Å²) in [6.45, 7) is 0. The molecule has 3 aromatic rings. The van der Waals surface area contributed by atoms with E-state index in [1.807, 2.05) is 36.4 Å². The van der Waals surface area contributed by atoms with Crippen molar-refractivity contribution in [1.29, 1.82) is 0 Å². The van der Waals surface area contributed by atoms with Crippen LogP contribution in [0.5, 0.6) is 5.75 Å². The van der Waals surface area contributed by atoms with E-state index < -0.39 is 7.92 Å². The molecule has 98 valence electrons. The largest absolute Gasteiger partial charge is 0.506 e. The topological polar surface area (TPSA) is 33.1 Å². The Balaban J connectivity index is 2.17. The van der Waals surface area contributed by atoms with E-state index in [0.29, 0.717) is 0 Å². The predicted molar refractivity (Wildman–Crippen MR) is 84.6 cm³/mol. The van der Waals surface area contributed by atoms with Gasteiger partial charge in [0.2, 0.25) is 0 Å². The molecule has 2 aromatic carbocycles. The standard InChI is InChI=1S/C17H14NOP/c19-16-12-7-13-18-17(16)20(14-8-3-1-4-9-14)15-10-5-2-6-11-15/h1-13,19H. The quantitative estimate of drug-likeness (QED) is 0.747. The first-order valence-corrected chi connectivity index (χ1v) is 7.74. The van der Waals surface area contributed by atoms with Crippen molar-refractivity contribution < 1.29 is 5.11 Å². The molecule has 3 rings (SSSR count). The molecule has 0 aliphatic rings. The Bertz CT molecular complexity index is 646. The highest BCUT2D eigenvalue weighted by molar-refractivity contribution is 7.79. The van der Waals surface area contributed by atoms with E-state index in [1.165, 1.54) is 10.6 Å². The van der Waals surface area contributed by atoms with Gasteiger partial charge in [-0.25, -0.2) is 0 Å². The van der Waals surface area contributed by atoms with Gasteiger partial charge in [0, 0.05) is 14.1 Å². The number of nitrogens with zero attached hydrogens (tertiary/aromatic N) is 1. The van der Waals surface area contributed by atoms with Gasteiger partial charge < -0.3 is 5.11 Å². The highest BCUT2D eigenvalue weighted by Gasteiger charge is 2.20. The van der Waals surface area contributed by atoms with Crippen LogP contribution in [-0.4, -0.2) is 10.1 Å². The van der Waals surface area contributed by atoms with Gasteiger partial charge in [0.15, 0.2) is 0 Å². The Morgan fingerprint density at radius 3 is 1.75 bits per heavy atom. The molecule has 0 fully saturated rings. The zero-order valence-electron chi connectivity index (χ0n) is 10.8. The van der Waals surface area contributed by atoms with Gasteiger partial charge in [0.05, 0.1) is 0 Å². The molecular weight excluding hydrogens is 265 g/mol. The van der Waals surface area contributed by atoms with Crippen LogP contribution in [0.15, 0.2) is 79.0 Å². The second kappa shape index (κ2) is 5.85. The molecule has 3 heteroatoms. The maximum atomic E-state index is 10.2. The molecule has 0 spiro atoms. The van der Waals surface area contributed by atoms with Crippen LogP contribution in [-0.2, 0) is 0 Å². The smallest absolute Gasteiger partial charge is 0.142 e. The molecule has 0 amide bonds. The third-order valence-corrected chi connectivity index (χ3v) is 5.40. The first-order valence-electron chi connectivity index (χ1n) is 6.40. The highest BCUT2D eigenvalue weighted by atomic mass is 31.1. The fourth-order valence-electron chi connectivity index (χ4n) is 2.11. The molecule has 0 unspecified atom stereocenters. The van der Waals surface area contributed by atoms with Gasteiger partial charge in [-0.1, -0.05) is 60.7 Å². The van der Waals surface area contributed by atoms with Crippen LogP contribution < -0.4 is 16.0 Å². The fraction of sp³-hybridized carbons (Fsp3) is 0. The Hall–Kier alpha value is -2.18. The fourth-order valence-corrected chi connectivity index (χ4v) is 4.32. The van der Waals surface area contributed by atoms with Gasteiger partial charge >= 0.3 is 0 Å². The van der Waals surface area contributed by atoms with Gasteiger partial charge in [0.25, 0.3) is 0 Å². The Morgan fingerprint density at radius 1 is 0.700 bits per heavy atom. The average molecular weight is 279 g/mol. The maximum Gasteiger partial charge on any atom is 0.142 e. The first kappa shape index (κ1) is 12.8. The molecule has 0 radical (unpaired) electrons. The summed E-state index contributed by atoms with van der Waals surface area (Å²) in [6, 6.07) is 23.9. The van der Waals surface area contributed by atoms with E-state index in [1.54, 1.807) is 18.3 Å². The van der Waals surface area contributed by atoms with Crippen molar-refractivity contribution in [3.63, 3.8) is 0 Å². The van der Waals surface area contributed by atoms with Gasteiger partial charge in [0.1, 0.15) is 11.2 Å². The zero-order chi connectivity index (χ0) is 13.8. The van der Waals surface area contributed by atoms with Crippen molar-refractivity contribution in [3.8, 4) is 5.75 Å². The van der Waals surface area contributed by atoms with Crippen molar-refractivity contribution in [1.82, 2.24) is 4.98 Å². The lowest BCUT2D eigenvalue weighted by Gasteiger charge is -2.18. The number of aromatic hydroxyl groups is 1. The molecule has 0 atom stereocenters. The third-order valence-electron chi connectivity index (χ3n) is 3.01. The van der Waals surface area contributed by atoms with Gasteiger partial charge in [-0.2, -0.15) is 0 Å². The van der Waals surface area contributed by atoms with E-state index in [9.17, 15) is 5.11 Å². The summed E-state index contributed by atoms with van der Waals surface area (Å²) in [6.07, 6.45) is 1.73. The van der Waals surface area contributed by atoms with E-state index in [-0.39, 0.29) is 5.75 Å². The summed E-state index contributed by atoms with van der Waals surface area (Å²) in [5.74, 6) is 0.256. The SMILES string of the molecule is Oc1cccnc1P(c1ccccc1)c1ccccc1. The molecule has 2 nitrogen and oxygen atoms in total. The molecule has 0 aliphatic carbocycles. The number of aromatic nitrogens is 1. The van der Waals surface area contributed by atoms with Crippen LogP contribution >= 0.6 is 7.92 Å². The van der Waals surface area contributed by atoms with Crippen LogP contribution in [0, 0.1) is 0 Å². The van der Waals surface area contributed by atoms with E-state index in [2.05, 4.69) is 29.2 Å². The average Bonchev–Trinajstić information content (AvgIpc) is 2.52. The number of rotatable bonds is 3. The summed E-state index contributed by atoms with van der Waals surface area (Å²) < 4.78 is 0. The first-order chi connectivity index (χ1) is 9.86. The van der Waals surface area contributed by atoms with Crippen molar-refractivity contribution >= 4 is 24.0 Å². The maximum absolute atomic E-state index is 10.2. The molecule has 0 saturated heterocycles. The van der Waals surface area contributed by atoms with Gasteiger partial charge in [-0.15, -0.1) is 0 Å². The van der Waals surface area contributed by atoms with Crippen LogP contribution in [0.3, 0.4) is 0 Å². The molecule has 0 aliphatic heterocycles. The van der Waals surface area contributed by atoms with E-state index in [4.69, 9.17) is 0 Å². The second-order valence-corrected chi connectivity index (χ2v) is 6.48. The van der Waals surface area contributed by atoms with Gasteiger partial charge in [-0.3, -0.25) is 4.98 Å². The van der Waals surface area contributed by atoms with Gasteiger partial charge in [-0.05, 0) is 22.7 Å². The number of pyridine rings is 1. The monoisotopic (exact) mass is 279 g/mol. The van der Waals surface area contributed by atoms with E-state index in [0.717, 1.165) is 5.44 Å². The lowest BCUT2D eigenvalue weighted by atomic mass is 10.4. The Kier molecular flexibility index (Phi) is 3.76. The van der Waals surface area contributed by atoms with Crippen LogP contribution in [0.4, 0.5) is 0 Å². The molecular formula is C17H14NOP. The lowest BCUT2D eigenvalue weighted by molar-refractivity contribution is 0.478. The van der Waals surface area contributed by atoms with E-state index >= 15 is 0 Å². The molecule has 0 saturated carbocycles. The summed E-state index contributed by atoms with van der Waals surface area (Å²) in [4.78, 5) is 4.41. The Morgan fingerprint density at radius 2 is 1.25 bits per heavy atom. The Labute approximate surface area is 119 Å². The minimum Gasteiger partial charge on any atom is -0.506 e. The predicted octanol–water partition coefficient (Wildman–Crippen LogP) is 2.55. The van der Waals surface area contributed by atoms with Crippen molar-refractivity contribution in [2.24, 2.45) is 0 Å².